The number of fused-ring (bicyclic) bond motifs is 2. The molecule has 1 amide bonds. The Morgan fingerprint density at radius 1 is 1.03 bits per heavy atom. The summed E-state index contributed by atoms with van der Waals surface area (Å²) < 4.78 is 10.5. The lowest BCUT2D eigenvalue weighted by Crippen LogP contribution is -2.29. The second-order valence-corrected chi connectivity index (χ2v) is 7.33. The van der Waals surface area contributed by atoms with E-state index >= 15 is 0 Å². The minimum atomic E-state index is -0.615. The summed E-state index contributed by atoms with van der Waals surface area (Å²) in [5.41, 5.74) is 2.45. The molecule has 0 spiro atoms. The Morgan fingerprint density at radius 3 is 2.64 bits per heavy atom. The largest absolute Gasteiger partial charge is 0.497 e. The van der Waals surface area contributed by atoms with Crippen molar-refractivity contribution in [3.8, 4) is 23.1 Å². The number of rotatable bonds is 7. The second-order valence-electron chi connectivity index (χ2n) is 7.33. The van der Waals surface area contributed by atoms with Crippen molar-refractivity contribution in [2.75, 3.05) is 20.3 Å². The van der Waals surface area contributed by atoms with Gasteiger partial charge in [-0.1, -0.05) is 36.4 Å². The van der Waals surface area contributed by atoms with Crippen molar-refractivity contribution in [3.63, 3.8) is 0 Å². The molecule has 0 aliphatic heterocycles. The van der Waals surface area contributed by atoms with Gasteiger partial charge >= 0.3 is 5.97 Å². The van der Waals surface area contributed by atoms with Gasteiger partial charge in [-0.25, -0.2) is 9.78 Å². The van der Waals surface area contributed by atoms with E-state index in [2.05, 4.69) is 5.32 Å². The number of carbonyl (C=O) groups is 2. The minimum absolute atomic E-state index is 0.191. The molecule has 1 N–H and O–H groups in total. The van der Waals surface area contributed by atoms with Gasteiger partial charge in [-0.15, -0.1) is 0 Å². The quantitative estimate of drug-likeness (QED) is 0.341. The highest BCUT2D eigenvalue weighted by molar-refractivity contribution is 6.05. The predicted octanol–water partition coefficient (Wildman–Crippen LogP) is 4.25. The van der Waals surface area contributed by atoms with Crippen LogP contribution in [0.3, 0.4) is 0 Å². The molecular formula is C26H21N3O4. The summed E-state index contributed by atoms with van der Waals surface area (Å²) in [4.78, 5) is 29.5. The van der Waals surface area contributed by atoms with Crippen LogP contribution < -0.4 is 10.1 Å². The standard InChI is InChI=1S/C26H21N3O4/c1-32-20-10-9-17-13-19(8-7-18(17)14-20)24-15-22(21-5-2-3-6-23(21)29-24)26(31)33-16-25(30)28-12-4-11-27/h2-3,5-10,13-15H,4,12,16H2,1H3,(H,28,30). The SMILES string of the molecule is COc1ccc2cc(-c3cc(C(=O)OCC(=O)NCCC#N)c4ccccc4n3)ccc2c1. The van der Waals surface area contributed by atoms with Crippen molar-refractivity contribution in [1.82, 2.24) is 10.3 Å². The van der Waals surface area contributed by atoms with E-state index in [0.717, 1.165) is 22.1 Å². The molecular weight excluding hydrogens is 418 g/mol. The Hall–Kier alpha value is -4.44. The number of hydrogen-bond acceptors (Lipinski definition) is 6. The van der Waals surface area contributed by atoms with Crippen LogP contribution in [0.5, 0.6) is 5.75 Å². The number of nitrogens with one attached hydrogen (secondary N) is 1. The lowest BCUT2D eigenvalue weighted by atomic mass is 10.0. The van der Waals surface area contributed by atoms with Crippen LogP contribution >= 0.6 is 0 Å². The molecule has 1 aromatic heterocycles. The van der Waals surface area contributed by atoms with Gasteiger partial charge in [0.2, 0.25) is 0 Å². The van der Waals surface area contributed by atoms with Crippen LogP contribution in [-0.4, -0.2) is 37.1 Å². The van der Waals surface area contributed by atoms with Crippen LogP contribution in [0.15, 0.2) is 66.7 Å². The Morgan fingerprint density at radius 2 is 1.82 bits per heavy atom. The monoisotopic (exact) mass is 439 g/mol. The van der Waals surface area contributed by atoms with Gasteiger partial charge in [-0.3, -0.25) is 4.79 Å². The summed E-state index contributed by atoms with van der Waals surface area (Å²) in [5.74, 6) is -0.293. The Kier molecular flexibility index (Phi) is 6.46. The molecule has 0 unspecified atom stereocenters. The molecule has 4 aromatic rings. The van der Waals surface area contributed by atoms with Crippen LogP contribution in [0.2, 0.25) is 0 Å². The van der Waals surface area contributed by atoms with E-state index in [1.54, 1.807) is 19.2 Å². The van der Waals surface area contributed by atoms with Gasteiger partial charge in [-0.05, 0) is 41.1 Å². The van der Waals surface area contributed by atoms with Crippen LogP contribution in [0, 0.1) is 11.3 Å². The molecule has 3 aromatic carbocycles. The van der Waals surface area contributed by atoms with Gasteiger partial charge < -0.3 is 14.8 Å². The van der Waals surface area contributed by atoms with Gasteiger partial charge in [0.1, 0.15) is 5.75 Å². The summed E-state index contributed by atoms with van der Waals surface area (Å²) in [7, 11) is 1.63. The number of methoxy groups -OCH3 is 1. The van der Waals surface area contributed by atoms with Gasteiger partial charge in [-0.2, -0.15) is 5.26 Å². The zero-order valence-electron chi connectivity index (χ0n) is 18.0. The summed E-state index contributed by atoms with van der Waals surface area (Å²) in [5, 5.41) is 13.8. The molecule has 0 bridgehead atoms. The first kappa shape index (κ1) is 21.8. The maximum Gasteiger partial charge on any atom is 0.339 e. The zero-order valence-corrected chi connectivity index (χ0v) is 18.0. The number of carbonyl (C=O) groups excluding carboxylic acids is 2. The summed E-state index contributed by atoms with van der Waals surface area (Å²) in [6.07, 6.45) is 0.191. The van der Waals surface area contributed by atoms with Crippen LogP contribution in [0.25, 0.3) is 32.9 Å². The molecule has 4 rings (SSSR count). The number of pyridine rings is 1. The number of ether oxygens (including phenoxy) is 2. The van der Waals surface area contributed by atoms with E-state index < -0.39 is 18.5 Å². The third-order valence-electron chi connectivity index (χ3n) is 5.17. The van der Waals surface area contributed by atoms with Crippen molar-refractivity contribution >= 4 is 33.6 Å². The Labute approximate surface area is 190 Å². The lowest BCUT2D eigenvalue weighted by molar-refractivity contribution is -0.124. The molecule has 0 atom stereocenters. The van der Waals surface area contributed by atoms with Gasteiger partial charge in [0.25, 0.3) is 5.91 Å². The first-order valence-corrected chi connectivity index (χ1v) is 10.4. The van der Waals surface area contributed by atoms with Crippen molar-refractivity contribution in [3.05, 3.63) is 72.3 Å². The zero-order chi connectivity index (χ0) is 23.2. The summed E-state index contributed by atoms with van der Waals surface area (Å²) in [6, 6.07) is 22.7. The van der Waals surface area contributed by atoms with E-state index in [4.69, 9.17) is 19.7 Å². The highest BCUT2D eigenvalue weighted by Gasteiger charge is 2.17. The van der Waals surface area contributed by atoms with Gasteiger partial charge in [0.15, 0.2) is 6.61 Å². The number of para-hydroxylation sites is 1. The third-order valence-corrected chi connectivity index (χ3v) is 5.17. The molecule has 0 aliphatic carbocycles. The van der Waals surface area contributed by atoms with Crippen molar-refractivity contribution < 1.29 is 19.1 Å². The van der Waals surface area contributed by atoms with E-state index in [-0.39, 0.29) is 13.0 Å². The Balaban J connectivity index is 1.65. The molecule has 7 heteroatoms. The van der Waals surface area contributed by atoms with Crippen molar-refractivity contribution in [2.45, 2.75) is 6.42 Å². The van der Waals surface area contributed by atoms with Crippen molar-refractivity contribution in [1.29, 1.82) is 5.26 Å². The smallest absolute Gasteiger partial charge is 0.339 e. The molecule has 33 heavy (non-hydrogen) atoms. The van der Waals surface area contributed by atoms with Crippen molar-refractivity contribution in [2.24, 2.45) is 0 Å². The average molecular weight is 439 g/mol. The van der Waals surface area contributed by atoms with Crippen LogP contribution in [-0.2, 0) is 9.53 Å². The first-order chi connectivity index (χ1) is 16.1. The molecule has 1 heterocycles. The van der Waals surface area contributed by atoms with E-state index in [0.29, 0.717) is 22.2 Å². The predicted molar refractivity (Wildman–Crippen MR) is 125 cm³/mol. The van der Waals surface area contributed by atoms with E-state index in [9.17, 15) is 9.59 Å². The average Bonchev–Trinajstić information content (AvgIpc) is 2.86. The number of esters is 1. The molecule has 164 valence electrons. The molecule has 0 saturated carbocycles. The first-order valence-electron chi connectivity index (χ1n) is 10.4. The number of nitriles is 1. The summed E-state index contributed by atoms with van der Waals surface area (Å²) >= 11 is 0. The van der Waals surface area contributed by atoms with E-state index in [1.165, 1.54) is 0 Å². The number of aromatic nitrogens is 1. The van der Waals surface area contributed by atoms with Crippen LogP contribution in [0.4, 0.5) is 0 Å². The second kappa shape index (κ2) is 9.79. The fourth-order valence-electron chi connectivity index (χ4n) is 3.52. The molecule has 7 nitrogen and oxygen atoms in total. The normalized spacial score (nSPS) is 10.5. The van der Waals surface area contributed by atoms with Crippen LogP contribution in [0.1, 0.15) is 16.8 Å². The summed E-state index contributed by atoms with van der Waals surface area (Å²) in [6.45, 7) is -0.211. The minimum Gasteiger partial charge on any atom is -0.497 e. The molecule has 0 radical (unpaired) electrons. The number of nitrogens with zero attached hydrogens (tertiary/aromatic N) is 2. The van der Waals surface area contributed by atoms with Gasteiger partial charge in [0.05, 0.1) is 36.4 Å². The fourth-order valence-corrected chi connectivity index (χ4v) is 3.52. The van der Waals surface area contributed by atoms with Gasteiger partial charge in [0, 0.05) is 17.5 Å². The number of benzene rings is 3. The number of hydrogen-bond donors (Lipinski definition) is 1. The molecule has 0 aliphatic rings. The van der Waals surface area contributed by atoms with E-state index in [1.807, 2.05) is 60.7 Å². The maximum atomic E-state index is 12.9. The molecule has 0 saturated heterocycles. The molecule has 0 fully saturated rings. The number of amides is 1. The Bertz CT molecular complexity index is 1390. The highest BCUT2D eigenvalue weighted by atomic mass is 16.5. The maximum absolute atomic E-state index is 12.9. The fraction of sp³-hybridized carbons (Fsp3) is 0.154. The topological polar surface area (TPSA) is 101 Å². The lowest BCUT2D eigenvalue weighted by Gasteiger charge is -2.11. The highest BCUT2D eigenvalue weighted by Crippen LogP contribution is 2.29. The third kappa shape index (κ3) is 4.91.